The molecule has 2 nitrogen and oxygen atoms in total. The predicted octanol–water partition coefficient (Wildman–Crippen LogP) is 3.34. The van der Waals surface area contributed by atoms with E-state index in [4.69, 9.17) is 5.73 Å². The van der Waals surface area contributed by atoms with Crippen LogP contribution in [0.4, 0.5) is 5.69 Å². The lowest BCUT2D eigenvalue weighted by atomic mass is 9.83. The Morgan fingerprint density at radius 2 is 1.94 bits per heavy atom. The molecule has 1 fully saturated rings. The SMILES string of the molecule is Cc1ccc(C(=O)C2CCCCC2)c(N)c1. The van der Waals surface area contributed by atoms with Crippen LogP contribution in [0.1, 0.15) is 48.0 Å². The zero-order valence-corrected chi connectivity index (χ0v) is 9.83. The summed E-state index contributed by atoms with van der Waals surface area (Å²) in [4.78, 5) is 12.3. The van der Waals surface area contributed by atoms with Crippen molar-refractivity contribution in [1.29, 1.82) is 0 Å². The molecule has 0 radical (unpaired) electrons. The molecule has 1 aliphatic rings. The normalized spacial score (nSPS) is 17.3. The first-order valence-corrected chi connectivity index (χ1v) is 6.09. The third-order valence-electron chi connectivity index (χ3n) is 3.45. The Balaban J connectivity index is 2.19. The Labute approximate surface area is 96.8 Å². The Kier molecular flexibility index (Phi) is 3.28. The van der Waals surface area contributed by atoms with Gasteiger partial charge < -0.3 is 5.73 Å². The van der Waals surface area contributed by atoms with Crippen LogP contribution in [0, 0.1) is 12.8 Å². The van der Waals surface area contributed by atoms with E-state index in [2.05, 4.69) is 0 Å². The van der Waals surface area contributed by atoms with Gasteiger partial charge in [-0.05, 0) is 37.5 Å². The van der Waals surface area contributed by atoms with E-state index in [9.17, 15) is 4.79 Å². The van der Waals surface area contributed by atoms with E-state index >= 15 is 0 Å². The molecule has 2 rings (SSSR count). The van der Waals surface area contributed by atoms with Gasteiger partial charge in [0, 0.05) is 17.2 Å². The highest BCUT2D eigenvalue weighted by atomic mass is 16.1. The predicted molar refractivity (Wildman–Crippen MR) is 66.5 cm³/mol. The van der Waals surface area contributed by atoms with Crippen molar-refractivity contribution in [2.24, 2.45) is 5.92 Å². The molecule has 0 atom stereocenters. The molecule has 1 aliphatic carbocycles. The van der Waals surface area contributed by atoms with Gasteiger partial charge in [-0.3, -0.25) is 4.79 Å². The van der Waals surface area contributed by atoms with Crippen LogP contribution in [0.3, 0.4) is 0 Å². The van der Waals surface area contributed by atoms with E-state index in [1.165, 1.54) is 19.3 Å². The van der Waals surface area contributed by atoms with Gasteiger partial charge in [0.1, 0.15) is 0 Å². The first-order valence-electron chi connectivity index (χ1n) is 6.09. The Morgan fingerprint density at radius 1 is 1.25 bits per heavy atom. The number of benzene rings is 1. The molecular formula is C14H19NO. The van der Waals surface area contributed by atoms with Crippen LogP contribution < -0.4 is 5.73 Å². The maximum Gasteiger partial charge on any atom is 0.168 e. The fraction of sp³-hybridized carbons (Fsp3) is 0.500. The minimum absolute atomic E-state index is 0.207. The van der Waals surface area contributed by atoms with Crippen molar-refractivity contribution in [2.45, 2.75) is 39.0 Å². The van der Waals surface area contributed by atoms with Crippen molar-refractivity contribution in [3.05, 3.63) is 29.3 Å². The number of hydrogen-bond donors (Lipinski definition) is 1. The second-order valence-corrected chi connectivity index (χ2v) is 4.79. The lowest BCUT2D eigenvalue weighted by molar-refractivity contribution is 0.0890. The van der Waals surface area contributed by atoms with Crippen molar-refractivity contribution in [3.63, 3.8) is 0 Å². The topological polar surface area (TPSA) is 43.1 Å². The summed E-state index contributed by atoms with van der Waals surface area (Å²) in [5.74, 6) is 0.455. The highest BCUT2D eigenvalue weighted by molar-refractivity contribution is 6.02. The number of carbonyl (C=O) groups is 1. The minimum atomic E-state index is 0.207. The average molecular weight is 217 g/mol. The van der Waals surface area contributed by atoms with Crippen LogP contribution >= 0.6 is 0 Å². The van der Waals surface area contributed by atoms with E-state index in [1.54, 1.807) is 0 Å². The highest BCUT2D eigenvalue weighted by Gasteiger charge is 2.23. The number of hydrogen-bond acceptors (Lipinski definition) is 2. The highest BCUT2D eigenvalue weighted by Crippen LogP contribution is 2.28. The van der Waals surface area contributed by atoms with Crippen molar-refractivity contribution in [2.75, 3.05) is 5.73 Å². The maximum absolute atomic E-state index is 12.3. The molecular weight excluding hydrogens is 198 g/mol. The molecule has 0 bridgehead atoms. The number of carbonyl (C=O) groups excluding carboxylic acids is 1. The van der Waals surface area contributed by atoms with Crippen LogP contribution in [-0.2, 0) is 0 Å². The number of Topliss-reactive ketones (excluding diaryl/α,β-unsaturated/α-hetero) is 1. The lowest BCUT2D eigenvalue weighted by Crippen LogP contribution is -2.19. The van der Waals surface area contributed by atoms with E-state index in [1.807, 2.05) is 25.1 Å². The van der Waals surface area contributed by atoms with Gasteiger partial charge in [-0.15, -0.1) is 0 Å². The van der Waals surface area contributed by atoms with Crippen molar-refractivity contribution < 1.29 is 4.79 Å². The summed E-state index contributed by atoms with van der Waals surface area (Å²) in [6.45, 7) is 1.99. The molecule has 0 spiro atoms. The molecule has 16 heavy (non-hydrogen) atoms. The fourth-order valence-electron chi connectivity index (χ4n) is 2.49. The molecule has 86 valence electrons. The quantitative estimate of drug-likeness (QED) is 0.610. The third-order valence-corrected chi connectivity index (χ3v) is 3.45. The number of ketones is 1. The standard InChI is InChI=1S/C14H19NO/c1-10-7-8-12(13(15)9-10)14(16)11-5-3-2-4-6-11/h7-9,11H,2-6,15H2,1H3. The van der Waals surface area contributed by atoms with Gasteiger partial charge in [-0.2, -0.15) is 0 Å². The maximum atomic E-state index is 12.3. The van der Waals surface area contributed by atoms with Crippen LogP contribution in [0.5, 0.6) is 0 Å². The summed E-state index contributed by atoms with van der Waals surface area (Å²) in [5.41, 5.74) is 8.37. The molecule has 0 aliphatic heterocycles. The Bertz CT molecular complexity index is 392. The van der Waals surface area contributed by atoms with E-state index < -0.39 is 0 Å². The summed E-state index contributed by atoms with van der Waals surface area (Å²) >= 11 is 0. The van der Waals surface area contributed by atoms with Gasteiger partial charge in [-0.1, -0.05) is 25.3 Å². The monoisotopic (exact) mass is 217 g/mol. The van der Waals surface area contributed by atoms with Gasteiger partial charge in [0.25, 0.3) is 0 Å². The first-order chi connectivity index (χ1) is 7.68. The molecule has 0 aromatic heterocycles. The summed E-state index contributed by atoms with van der Waals surface area (Å²) in [6.07, 6.45) is 5.70. The van der Waals surface area contributed by atoms with Crippen LogP contribution in [0.15, 0.2) is 18.2 Å². The second kappa shape index (κ2) is 4.69. The number of nitrogen functional groups attached to an aromatic ring is 1. The number of nitrogens with two attached hydrogens (primary N) is 1. The second-order valence-electron chi connectivity index (χ2n) is 4.79. The number of anilines is 1. The summed E-state index contributed by atoms with van der Waals surface area (Å²) in [6, 6.07) is 5.73. The zero-order chi connectivity index (χ0) is 11.5. The molecule has 2 heteroatoms. The van der Waals surface area contributed by atoms with E-state index in [0.29, 0.717) is 5.69 Å². The Hall–Kier alpha value is -1.31. The molecule has 0 heterocycles. The van der Waals surface area contributed by atoms with E-state index in [0.717, 1.165) is 24.0 Å². The molecule has 1 aromatic rings. The molecule has 1 saturated carbocycles. The number of rotatable bonds is 2. The number of aryl methyl sites for hydroxylation is 1. The van der Waals surface area contributed by atoms with Crippen LogP contribution in [-0.4, -0.2) is 5.78 Å². The molecule has 1 aromatic carbocycles. The molecule has 0 amide bonds. The smallest absolute Gasteiger partial charge is 0.168 e. The molecule has 0 unspecified atom stereocenters. The van der Waals surface area contributed by atoms with Crippen molar-refractivity contribution >= 4 is 11.5 Å². The van der Waals surface area contributed by atoms with Gasteiger partial charge in [0.2, 0.25) is 0 Å². The van der Waals surface area contributed by atoms with Crippen molar-refractivity contribution in [1.82, 2.24) is 0 Å². The molecule has 0 saturated heterocycles. The van der Waals surface area contributed by atoms with E-state index in [-0.39, 0.29) is 11.7 Å². The molecule has 2 N–H and O–H groups in total. The summed E-state index contributed by atoms with van der Waals surface area (Å²) in [5, 5.41) is 0. The fourth-order valence-corrected chi connectivity index (χ4v) is 2.49. The zero-order valence-electron chi connectivity index (χ0n) is 9.83. The largest absolute Gasteiger partial charge is 0.398 e. The summed E-state index contributed by atoms with van der Waals surface area (Å²) in [7, 11) is 0. The summed E-state index contributed by atoms with van der Waals surface area (Å²) < 4.78 is 0. The van der Waals surface area contributed by atoms with Gasteiger partial charge in [-0.25, -0.2) is 0 Å². The van der Waals surface area contributed by atoms with Gasteiger partial charge in [0.05, 0.1) is 0 Å². The Morgan fingerprint density at radius 3 is 2.56 bits per heavy atom. The van der Waals surface area contributed by atoms with Gasteiger partial charge >= 0.3 is 0 Å². The van der Waals surface area contributed by atoms with Crippen LogP contribution in [0.25, 0.3) is 0 Å². The average Bonchev–Trinajstić information content (AvgIpc) is 2.29. The third kappa shape index (κ3) is 2.26. The lowest BCUT2D eigenvalue weighted by Gasteiger charge is -2.21. The van der Waals surface area contributed by atoms with Crippen molar-refractivity contribution in [3.8, 4) is 0 Å². The first kappa shape index (κ1) is 11.2. The van der Waals surface area contributed by atoms with Gasteiger partial charge in [0.15, 0.2) is 5.78 Å². The van der Waals surface area contributed by atoms with Crippen LogP contribution in [0.2, 0.25) is 0 Å². The minimum Gasteiger partial charge on any atom is -0.398 e.